The van der Waals surface area contributed by atoms with Crippen LogP contribution in [0.4, 0.5) is 16.2 Å². The largest absolute Gasteiger partial charge is 0.450 e. The molecule has 0 spiro atoms. The first kappa shape index (κ1) is 14.7. The minimum atomic E-state index is -0.489. The number of ether oxygens (including phenoxy) is 1. The van der Waals surface area contributed by atoms with Crippen LogP contribution in [0.15, 0.2) is 24.3 Å². The lowest BCUT2D eigenvalue weighted by Crippen LogP contribution is -2.37. The highest BCUT2D eigenvalue weighted by Crippen LogP contribution is 2.16. The van der Waals surface area contributed by atoms with Gasteiger partial charge in [0.15, 0.2) is 0 Å². The molecular weight excluding hydrogens is 278 g/mol. The van der Waals surface area contributed by atoms with Crippen LogP contribution in [-0.2, 0) is 9.53 Å². The molecule has 0 saturated carbocycles. The highest BCUT2D eigenvalue weighted by molar-refractivity contribution is 7.99. The van der Waals surface area contributed by atoms with Crippen molar-refractivity contribution in [3.63, 3.8) is 0 Å². The fourth-order valence-electron chi connectivity index (χ4n) is 1.71. The van der Waals surface area contributed by atoms with Crippen molar-refractivity contribution in [1.29, 1.82) is 0 Å². The number of hydrogen-bond acceptors (Lipinski definition) is 5. The highest BCUT2D eigenvalue weighted by Gasteiger charge is 2.22. The summed E-state index contributed by atoms with van der Waals surface area (Å²) in [4.78, 5) is 23.1. The monoisotopic (exact) mass is 295 g/mol. The van der Waals surface area contributed by atoms with Gasteiger partial charge in [0.2, 0.25) is 5.91 Å². The highest BCUT2D eigenvalue weighted by atomic mass is 32.2. The molecule has 3 N–H and O–H groups in total. The SMILES string of the molecule is CCOC(=O)Nc1ccc(NC(=O)C2CSCN2)cc1. The lowest BCUT2D eigenvalue weighted by atomic mass is 10.2. The van der Waals surface area contributed by atoms with E-state index in [0.29, 0.717) is 18.0 Å². The zero-order valence-corrected chi connectivity index (χ0v) is 12.0. The zero-order valence-electron chi connectivity index (χ0n) is 11.1. The van der Waals surface area contributed by atoms with E-state index in [1.54, 1.807) is 43.0 Å². The molecule has 1 atom stereocenters. The fraction of sp³-hybridized carbons (Fsp3) is 0.385. The van der Waals surface area contributed by atoms with Crippen molar-refractivity contribution in [3.8, 4) is 0 Å². The van der Waals surface area contributed by atoms with Gasteiger partial charge in [-0.2, -0.15) is 0 Å². The second-order valence-electron chi connectivity index (χ2n) is 4.18. The maximum atomic E-state index is 11.9. The van der Waals surface area contributed by atoms with Gasteiger partial charge in [-0.3, -0.25) is 15.4 Å². The molecule has 1 aliphatic heterocycles. The molecular formula is C13H17N3O3S. The summed E-state index contributed by atoms with van der Waals surface area (Å²) in [6, 6.07) is 6.76. The molecule has 1 aromatic carbocycles. The second kappa shape index (κ2) is 7.16. The molecule has 0 aliphatic carbocycles. The molecule has 1 fully saturated rings. The molecule has 6 nitrogen and oxygen atoms in total. The van der Waals surface area contributed by atoms with Gasteiger partial charge in [0.25, 0.3) is 0 Å². The van der Waals surface area contributed by atoms with E-state index in [0.717, 1.165) is 11.6 Å². The minimum Gasteiger partial charge on any atom is -0.450 e. The topological polar surface area (TPSA) is 79.5 Å². The predicted molar refractivity (Wildman–Crippen MR) is 80.0 cm³/mol. The number of nitrogens with one attached hydrogen (secondary N) is 3. The number of benzene rings is 1. The summed E-state index contributed by atoms with van der Waals surface area (Å²) in [6.45, 7) is 2.07. The maximum absolute atomic E-state index is 11.9. The number of thioether (sulfide) groups is 1. The summed E-state index contributed by atoms with van der Waals surface area (Å²) in [7, 11) is 0. The summed E-state index contributed by atoms with van der Waals surface area (Å²) in [5, 5.41) is 8.53. The van der Waals surface area contributed by atoms with E-state index < -0.39 is 6.09 Å². The predicted octanol–water partition coefficient (Wildman–Crippen LogP) is 1.86. The lowest BCUT2D eigenvalue weighted by molar-refractivity contribution is -0.117. The van der Waals surface area contributed by atoms with Gasteiger partial charge in [-0.1, -0.05) is 0 Å². The maximum Gasteiger partial charge on any atom is 0.411 e. The van der Waals surface area contributed by atoms with Crippen LogP contribution in [0.5, 0.6) is 0 Å². The van der Waals surface area contributed by atoms with Crippen LogP contribution in [0.2, 0.25) is 0 Å². The first-order chi connectivity index (χ1) is 9.69. The van der Waals surface area contributed by atoms with Gasteiger partial charge in [0.1, 0.15) is 0 Å². The Morgan fingerprint density at radius 2 is 1.95 bits per heavy atom. The summed E-state index contributed by atoms with van der Waals surface area (Å²) >= 11 is 1.70. The van der Waals surface area contributed by atoms with Crippen molar-refractivity contribution in [1.82, 2.24) is 5.32 Å². The first-order valence-corrected chi connectivity index (χ1v) is 7.50. The smallest absolute Gasteiger partial charge is 0.411 e. The summed E-state index contributed by atoms with van der Waals surface area (Å²) in [5.41, 5.74) is 1.32. The zero-order chi connectivity index (χ0) is 14.4. The van der Waals surface area contributed by atoms with Crippen LogP contribution < -0.4 is 16.0 Å². The van der Waals surface area contributed by atoms with E-state index in [2.05, 4.69) is 16.0 Å². The Labute approximate surface area is 121 Å². The minimum absolute atomic E-state index is 0.0406. The number of hydrogen-bond donors (Lipinski definition) is 3. The molecule has 1 saturated heterocycles. The van der Waals surface area contributed by atoms with E-state index >= 15 is 0 Å². The lowest BCUT2D eigenvalue weighted by Gasteiger charge is -2.11. The molecule has 1 heterocycles. The number of carbonyl (C=O) groups excluding carboxylic acids is 2. The van der Waals surface area contributed by atoms with Crippen LogP contribution >= 0.6 is 11.8 Å². The number of rotatable bonds is 4. The average Bonchev–Trinajstić information content (AvgIpc) is 2.95. The van der Waals surface area contributed by atoms with Gasteiger partial charge < -0.3 is 10.1 Å². The Kier molecular flexibility index (Phi) is 5.25. The Morgan fingerprint density at radius 3 is 2.50 bits per heavy atom. The standard InChI is InChI=1S/C13H17N3O3S/c1-2-19-13(18)16-10-5-3-9(4-6-10)15-12(17)11-7-20-8-14-11/h3-6,11,14H,2,7-8H2,1H3,(H,15,17)(H,16,18). The van der Waals surface area contributed by atoms with Crippen molar-refractivity contribution >= 4 is 35.1 Å². The molecule has 1 aromatic rings. The van der Waals surface area contributed by atoms with E-state index in [-0.39, 0.29) is 11.9 Å². The van der Waals surface area contributed by atoms with E-state index in [4.69, 9.17) is 4.74 Å². The Hall–Kier alpha value is -1.73. The molecule has 20 heavy (non-hydrogen) atoms. The Morgan fingerprint density at radius 1 is 1.30 bits per heavy atom. The molecule has 1 unspecified atom stereocenters. The molecule has 0 aromatic heterocycles. The van der Waals surface area contributed by atoms with Crippen molar-refractivity contribution in [2.45, 2.75) is 13.0 Å². The average molecular weight is 295 g/mol. The summed E-state index contributed by atoms with van der Waals surface area (Å²) in [6.07, 6.45) is -0.489. The second-order valence-corrected chi connectivity index (χ2v) is 5.21. The number of anilines is 2. The first-order valence-electron chi connectivity index (χ1n) is 6.35. The van der Waals surface area contributed by atoms with Gasteiger partial charge in [0.05, 0.1) is 12.6 Å². The Bertz CT molecular complexity index is 472. The number of amides is 2. The fourth-order valence-corrected chi connectivity index (χ4v) is 2.66. The van der Waals surface area contributed by atoms with Crippen LogP contribution in [0.25, 0.3) is 0 Å². The van der Waals surface area contributed by atoms with Gasteiger partial charge >= 0.3 is 6.09 Å². The Balaban J connectivity index is 1.87. The normalized spacial score (nSPS) is 17.6. The molecule has 0 bridgehead atoms. The van der Waals surface area contributed by atoms with Crippen molar-refractivity contribution in [2.75, 3.05) is 28.9 Å². The molecule has 2 rings (SSSR count). The van der Waals surface area contributed by atoms with Crippen LogP contribution in [-0.4, -0.2) is 36.3 Å². The molecule has 0 radical (unpaired) electrons. The van der Waals surface area contributed by atoms with Crippen molar-refractivity contribution < 1.29 is 14.3 Å². The third-order valence-corrected chi connectivity index (χ3v) is 3.65. The third-order valence-electron chi connectivity index (χ3n) is 2.71. The molecule has 7 heteroatoms. The van der Waals surface area contributed by atoms with Crippen molar-refractivity contribution in [3.05, 3.63) is 24.3 Å². The van der Waals surface area contributed by atoms with E-state index in [9.17, 15) is 9.59 Å². The van der Waals surface area contributed by atoms with Gasteiger partial charge in [-0.05, 0) is 31.2 Å². The third kappa shape index (κ3) is 4.14. The van der Waals surface area contributed by atoms with Crippen LogP contribution in [0.3, 0.4) is 0 Å². The van der Waals surface area contributed by atoms with Gasteiger partial charge in [-0.25, -0.2) is 4.79 Å². The molecule has 1 aliphatic rings. The van der Waals surface area contributed by atoms with Gasteiger partial charge in [0, 0.05) is 23.0 Å². The quantitative estimate of drug-likeness (QED) is 0.790. The van der Waals surface area contributed by atoms with E-state index in [1.165, 1.54) is 0 Å². The number of carbonyl (C=O) groups is 2. The molecule has 108 valence electrons. The summed E-state index contributed by atoms with van der Waals surface area (Å²) < 4.78 is 4.78. The van der Waals surface area contributed by atoms with E-state index in [1.807, 2.05) is 0 Å². The van der Waals surface area contributed by atoms with Crippen LogP contribution in [0.1, 0.15) is 6.92 Å². The van der Waals surface area contributed by atoms with Crippen LogP contribution in [0, 0.1) is 0 Å². The molecule has 2 amide bonds. The summed E-state index contributed by atoms with van der Waals surface area (Å²) in [5.74, 6) is 1.55. The van der Waals surface area contributed by atoms with Crippen molar-refractivity contribution in [2.24, 2.45) is 0 Å². The van der Waals surface area contributed by atoms with Gasteiger partial charge in [-0.15, -0.1) is 11.8 Å².